The van der Waals surface area contributed by atoms with Gasteiger partial charge in [-0.15, -0.1) is 11.3 Å². The highest BCUT2D eigenvalue weighted by Crippen LogP contribution is 2.29. The number of aromatic nitrogens is 1. The van der Waals surface area contributed by atoms with E-state index in [4.69, 9.17) is 9.47 Å². The summed E-state index contributed by atoms with van der Waals surface area (Å²) in [5, 5.41) is 3.42. The third-order valence-electron chi connectivity index (χ3n) is 4.71. The molecule has 0 spiro atoms. The van der Waals surface area contributed by atoms with Crippen molar-refractivity contribution in [3.63, 3.8) is 0 Å². The van der Waals surface area contributed by atoms with Gasteiger partial charge in [-0.25, -0.2) is 0 Å². The lowest BCUT2D eigenvalue weighted by Gasteiger charge is -2.12. The first-order valence-electron chi connectivity index (χ1n) is 9.47. The van der Waals surface area contributed by atoms with E-state index >= 15 is 0 Å². The van der Waals surface area contributed by atoms with E-state index < -0.39 is 0 Å². The first-order chi connectivity index (χ1) is 13.8. The highest BCUT2D eigenvalue weighted by Gasteiger charge is 2.20. The number of aryl methyl sites for hydroxylation is 1. The van der Waals surface area contributed by atoms with Crippen LogP contribution in [0.15, 0.2) is 35.3 Å². The number of hydrogen-bond acceptors (Lipinski definition) is 5. The zero-order valence-electron chi connectivity index (χ0n) is 17.4. The van der Waals surface area contributed by atoms with Crippen LogP contribution in [0.25, 0.3) is 10.1 Å². The molecule has 1 amide bonds. The molecule has 0 bridgehead atoms. The van der Waals surface area contributed by atoms with Gasteiger partial charge in [-0.05, 0) is 37.1 Å². The van der Waals surface area contributed by atoms with Crippen LogP contribution in [0.5, 0.6) is 11.5 Å². The Hall–Kier alpha value is -2.80. The number of rotatable bonds is 7. The highest BCUT2D eigenvalue weighted by atomic mass is 32.1. The van der Waals surface area contributed by atoms with Gasteiger partial charge in [-0.1, -0.05) is 13.8 Å². The summed E-state index contributed by atoms with van der Waals surface area (Å²) < 4.78 is 13.1. The molecule has 29 heavy (non-hydrogen) atoms. The number of nitrogens with one attached hydrogen (secondary N) is 1. The maximum absolute atomic E-state index is 13.0. The first-order valence-corrected chi connectivity index (χ1v) is 10.3. The molecule has 2 aromatic heterocycles. The van der Waals surface area contributed by atoms with Gasteiger partial charge >= 0.3 is 0 Å². The summed E-state index contributed by atoms with van der Waals surface area (Å²) in [6.45, 7) is 6.88. The molecule has 0 saturated carbocycles. The number of pyridine rings is 1. The molecule has 3 aromatic rings. The zero-order valence-corrected chi connectivity index (χ0v) is 18.2. The van der Waals surface area contributed by atoms with Gasteiger partial charge in [0.25, 0.3) is 11.5 Å². The van der Waals surface area contributed by atoms with Crippen molar-refractivity contribution in [3.05, 3.63) is 56.8 Å². The van der Waals surface area contributed by atoms with Crippen molar-refractivity contribution in [1.29, 1.82) is 0 Å². The van der Waals surface area contributed by atoms with Gasteiger partial charge in [-0.3, -0.25) is 9.59 Å². The van der Waals surface area contributed by atoms with E-state index in [1.165, 1.54) is 11.3 Å². The number of thiophene rings is 1. The Morgan fingerprint density at radius 3 is 2.62 bits per heavy atom. The van der Waals surface area contributed by atoms with E-state index in [-0.39, 0.29) is 18.0 Å². The highest BCUT2D eigenvalue weighted by molar-refractivity contribution is 7.19. The Labute approximate surface area is 174 Å². The van der Waals surface area contributed by atoms with Gasteiger partial charge in [0.05, 0.1) is 25.2 Å². The second kappa shape index (κ2) is 8.69. The molecule has 0 aliphatic rings. The van der Waals surface area contributed by atoms with E-state index in [9.17, 15) is 9.59 Å². The fraction of sp³-hybridized carbons (Fsp3) is 0.364. The smallest absolute Gasteiger partial charge is 0.260 e. The number of amides is 1. The molecular weight excluding hydrogens is 388 g/mol. The number of carbonyl (C=O) groups is 1. The monoisotopic (exact) mass is 414 g/mol. The second-order valence-electron chi connectivity index (χ2n) is 7.30. The van der Waals surface area contributed by atoms with Gasteiger partial charge in [0.15, 0.2) is 0 Å². The lowest BCUT2D eigenvalue weighted by molar-refractivity contribution is 0.0952. The maximum Gasteiger partial charge on any atom is 0.260 e. The van der Waals surface area contributed by atoms with Gasteiger partial charge in [0.1, 0.15) is 11.5 Å². The molecule has 3 rings (SSSR count). The number of fused-ring (bicyclic) bond motifs is 1. The number of nitrogens with zero attached hydrogens (tertiary/aromatic N) is 1. The van der Waals surface area contributed by atoms with E-state index in [1.807, 2.05) is 25.3 Å². The molecule has 1 N–H and O–H groups in total. The summed E-state index contributed by atoms with van der Waals surface area (Å²) in [6.07, 6.45) is 1.81. The number of methoxy groups -OCH3 is 2. The molecule has 0 radical (unpaired) electrons. The van der Waals surface area contributed by atoms with Crippen LogP contribution in [-0.2, 0) is 13.1 Å². The number of ether oxygens (including phenoxy) is 2. The molecular formula is C22H26N2O4S. The molecule has 7 heteroatoms. The van der Waals surface area contributed by atoms with Crippen molar-refractivity contribution in [2.75, 3.05) is 14.2 Å². The minimum atomic E-state index is -0.266. The van der Waals surface area contributed by atoms with Crippen molar-refractivity contribution in [2.45, 2.75) is 33.9 Å². The molecule has 0 atom stereocenters. The fourth-order valence-corrected chi connectivity index (χ4v) is 4.41. The summed E-state index contributed by atoms with van der Waals surface area (Å²) in [4.78, 5) is 26.9. The summed E-state index contributed by atoms with van der Waals surface area (Å²) in [6, 6.07) is 7.35. The Morgan fingerprint density at radius 2 is 1.97 bits per heavy atom. The quantitative estimate of drug-likeness (QED) is 0.635. The standard InChI is InChI=1S/C22H26N2O4S/c1-13(2)12-24-9-8-18-20(22(24)26)19(14(3)29-18)21(25)23-11-15-10-16(27-4)6-7-17(15)28-5/h6-10,13H,11-12H2,1-5H3,(H,23,25). The van der Waals surface area contributed by atoms with Crippen molar-refractivity contribution < 1.29 is 14.3 Å². The molecule has 0 saturated heterocycles. The first kappa shape index (κ1) is 20.9. The number of hydrogen-bond donors (Lipinski definition) is 1. The minimum absolute atomic E-state index is 0.121. The molecule has 0 aliphatic carbocycles. The van der Waals surface area contributed by atoms with Crippen LogP contribution in [0.3, 0.4) is 0 Å². The number of benzene rings is 1. The Balaban J connectivity index is 1.94. The lowest BCUT2D eigenvalue weighted by Crippen LogP contribution is -2.27. The Bertz CT molecular complexity index is 1100. The van der Waals surface area contributed by atoms with Crippen molar-refractivity contribution in [3.8, 4) is 11.5 Å². The number of carbonyl (C=O) groups excluding carboxylic acids is 1. The van der Waals surface area contributed by atoms with Crippen LogP contribution in [0.4, 0.5) is 0 Å². The van der Waals surface area contributed by atoms with Gasteiger partial charge in [0, 0.05) is 34.4 Å². The Kier molecular flexibility index (Phi) is 6.27. The lowest BCUT2D eigenvalue weighted by atomic mass is 10.1. The third kappa shape index (κ3) is 4.29. The Morgan fingerprint density at radius 1 is 1.21 bits per heavy atom. The topological polar surface area (TPSA) is 69.6 Å². The maximum atomic E-state index is 13.0. The van der Waals surface area contributed by atoms with Gasteiger partial charge < -0.3 is 19.4 Å². The van der Waals surface area contributed by atoms with Gasteiger partial charge in [-0.2, -0.15) is 0 Å². The molecule has 0 fully saturated rings. The SMILES string of the molecule is COc1ccc(OC)c(CNC(=O)c2c(C)sc3ccn(CC(C)C)c(=O)c23)c1. The zero-order chi connectivity index (χ0) is 21.1. The van der Waals surface area contributed by atoms with Crippen LogP contribution in [0.2, 0.25) is 0 Å². The van der Waals surface area contributed by atoms with Crippen LogP contribution in [0, 0.1) is 12.8 Å². The van der Waals surface area contributed by atoms with E-state index in [0.717, 1.165) is 15.1 Å². The van der Waals surface area contributed by atoms with E-state index in [2.05, 4.69) is 19.2 Å². The van der Waals surface area contributed by atoms with Crippen LogP contribution in [0.1, 0.15) is 34.6 Å². The summed E-state index contributed by atoms with van der Waals surface area (Å²) in [7, 11) is 3.17. The molecule has 0 unspecified atom stereocenters. The molecule has 1 aromatic carbocycles. The average molecular weight is 415 g/mol. The van der Waals surface area contributed by atoms with Crippen molar-refractivity contribution in [1.82, 2.24) is 9.88 Å². The predicted molar refractivity (Wildman–Crippen MR) is 116 cm³/mol. The van der Waals surface area contributed by atoms with E-state index in [1.54, 1.807) is 30.9 Å². The fourth-order valence-electron chi connectivity index (χ4n) is 3.36. The van der Waals surface area contributed by atoms with Crippen LogP contribution >= 0.6 is 11.3 Å². The van der Waals surface area contributed by atoms with Crippen LogP contribution in [-0.4, -0.2) is 24.7 Å². The van der Waals surface area contributed by atoms with Crippen molar-refractivity contribution >= 4 is 27.3 Å². The molecule has 6 nitrogen and oxygen atoms in total. The van der Waals surface area contributed by atoms with Gasteiger partial charge in [0.2, 0.25) is 0 Å². The van der Waals surface area contributed by atoms with Crippen LogP contribution < -0.4 is 20.3 Å². The van der Waals surface area contributed by atoms with E-state index in [0.29, 0.717) is 34.9 Å². The average Bonchev–Trinajstić information content (AvgIpc) is 3.04. The molecule has 0 aliphatic heterocycles. The summed E-state index contributed by atoms with van der Waals surface area (Å²) in [5.41, 5.74) is 1.13. The molecule has 2 heterocycles. The minimum Gasteiger partial charge on any atom is -0.497 e. The summed E-state index contributed by atoms with van der Waals surface area (Å²) >= 11 is 1.47. The van der Waals surface area contributed by atoms with Crippen molar-refractivity contribution in [2.24, 2.45) is 5.92 Å². The third-order valence-corrected chi connectivity index (χ3v) is 5.78. The predicted octanol–water partition coefficient (Wildman–Crippen LogP) is 3.97. The molecule has 154 valence electrons. The largest absolute Gasteiger partial charge is 0.497 e. The normalized spacial score (nSPS) is 11.1. The second-order valence-corrected chi connectivity index (χ2v) is 8.56. The summed E-state index contributed by atoms with van der Waals surface area (Å²) in [5.74, 6) is 1.42.